The van der Waals surface area contributed by atoms with Crippen LogP contribution in [-0.2, 0) is 16.1 Å². The first kappa shape index (κ1) is 23.2. The number of fused-ring (bicyclic) bond motifs is 1. The summed E-state index contributed by atoms with van der Waals surface area (Å²) in [7, 11) is 0. The second-order valence-corrected chi connectivity index (χ2v) is 8.55. The van der Waals surface area contributed by atoms with Gasteiger partial charge in [-0.1, -0.05) is 42.5 Å². The maximum atomic E-state index is 13.4. The molecule has 4 aromatic rings. The highest BCUT2D eigenvalue weighted by atomic mass is 16.5. The first-order valence-electron chi connectivity index (χ1n) is 11.6. The number of aromatic hydroxyl groups is 1. The highest BCUT2D eigenvalue weighted by Gasteiger charge is 2.46. The Morgan fingerprint density at radius 2 is 1.81 bits per heavy atom. The number of amides is 1. The Morgan fingerprint density at radius 1 is 1.06 bits per heavy atom. The lowest BCUT2D eigenvalue weighted by Crippen LogP contribution is -2.29. The van der Waals surface area contributed by atoms with Crippen LogP contribution in [0.25, 0.3) is 11.4 Å². The number of ketones is 1. The molecule has 1 unspecified atom stereocenters. The van der Waals surface area contributed by atoms with E-state index in [1.807, 2.05) is 36.4 Å². The second-order valence-electron chi connectivity index (χ2n) is 8.55. The smallest absolute Gasteiger partial charge is 0.295 e. The number of nitrogens with zero attached hydrogens (tertiary/aromatic N) is 3. The zero-order valence-corrected chi connectivity index (χ0v) is 19.9. The summed E-state index contributed by atoms with van der Waals surface area (Å²) in [6.07, 6.45) is 1.74. The highest BCUT2D eigenvalue weighted by molar-refractivity contribution is 6.46. The number of phenolic OH excluding ortho intramolecular Hbond substituents is 1. The molecule has 2 aromatic carbocycles. The molecule has 1 saturated heterocycles. The van der Waals surface area contributed by atoms with Gasteiger partial charge in [-0.05, 0) is 49.2 Å². The van der Waals surface area contributed by atoms with Crippen molar-refractivity contribution in [2.24, 2.45) is 0 Å². The molecule has 0 radical (unpaired) electrons. The van der Waals surface area contributed by atoms with Crippen LogP contribution in [0.15, 0.2) is 78.5 Å². The third kappa shape index (κ3) is 3.86. The number of likely N-dealkylation sites (tertiary alicyclic amines) is 1. The van der Waals surface area contributed by atoms with Crippen LogP contribution >= 0.6 is 0 Å². The molecule has 1 amide bonds. The summed E-state index contributed by atoms with van der Waals surface area (Å²) >= 11 is 0. The summed E-state index contributed by atoms with van der Waals surface area (Å²) in [4.78, 5) is 32.7. The number of aliphatic hydroxyl groups is 1. The minimum Gasteiger partial charge on any atom is -0.505 e. The van der Waals surface area contributed by atoms with Crippen LogP contribution in [0.1, 0.15) is 35.5 Å². The third-order valence-corrected chi connectivity index (χ3v) is 6.26. The number of aliphatic hydroxyl groups excluding tert-OH is 1. The van der Waals surface area contributed by atoms with Gasteiger partial charge < -0.3 is 19.8 Å². The average molecular weight is 484 g/mol. The molecule has 0 saturated carbocycles. The molecule has 1 atom stereocenters. The van der Waals surface area contributed by atoms with E-state index in [1.54, 1.807) is 48.7 Å². The van der Waals surface area contributed by atoms with Crippen LogP contribution in [-0.4, -0.2) is 42.8 Å². The number of hydrogen-bond acceptors (Lipinski definition) is 6. The molecule has 5 rings (SSSR count). The van der Waals surface area contributed by atoms with Gasteiger partial charge in [0, 0.05) is 12.7 Å². The molecule has 8 heteroatoms. The number of carbonyl (C=O) groups excluding carboxylic acids is 2. The normalized spacial score (nSPS) is 17.2. The molecule has 0 aliphatic carbocycles. The summed E-state index contributed by atoms with van der Waals surface area (Å²) < 4.78 is 7.25. The van der Waals surface area contributed by atoms with E-state index in [9.17, 15) is 19.8 Å². The lowest BCUT2D eigenvalue weighted by molar-refractivity contribution is -0.140. The molecule has 2 aromatic heterocycles. The van der Waals surface area contributed by atoms with Gasteiger partial charge >= 0.3 is 0 Å². The van der Waals surface area contributed by atoms with E-state index in [0.29, 0.717) is 29.2 Å². The fourth-order valence-corrected chi connectivity index (χ4v) is 4.67. The van der Waals surface area contributed by atoms with Crippen LogP contribution in [0, 0.1) is 6.92 Å². The van der Waals surface area contributed by atoms with Gasteiger partial charge in [-0.2, -0.15) is 0 Å². The summed E-state index contributed by atoms with van der Waals surface area (Å²) in [6.45, 7) is 4.01. The molecule has 0 spiro atoms. The molecule has 3 heterocycles. The molecule has 1 aliphatic rings. The van der Waals surface area contributed by atoms with Crippen molar-refractivity contribution in [2.45, 2.75) is 26.4 Å². The number of Topliss-reactive ketones (excluding diaryl/α,β-unsaturated/α-hetero) is 1. The Labute approximate surface area is 207 Å². The standard InChI is InChI=1S/C28H25N3O5/c1-3-36-21-15-19(12-13-20(21)32)25-23(26(33)24-17(2)29-22-11-7-8-14-30(22)24)27(34)28(35)31(25)16-18-9-5-4-6-10-18/h4-15,25,32-33H,3,16H2,1-2H3. The van der Waals surface area contributed by atoms with Crippen LogP contribution < -0.4 is 4.74 Å². The van der Waals surface area contributed by atoms with Crippen molar-refractivity contribution < 1.29 is 24.5 Å². The summed E-state index contributed by atoms with van der Waals surface area (Å²) in [5.74, 6) is -1.65. The number of hydrogen-bond donors (Lipinski definition) is 2. The van der Waals surface area contributed by atoms with Crippen molar-refractivity contribution in [3.8, 4) is 11.5 Å². The topological polar surface area (TPSA) is 104 Å². The van der Waals surface area contributed by atoms with E-state index in [1.165, 1.54) is 11.0 Å². The second kappa shape index (κ2) is 9.22. The average Bonchev–Trinajstić information content (AvgIpc) is 3.34. The van der Waals surface area contributed by atoms with Crippen molar-refractivity contribution in [3.63, 3.8) is 0 Å². The highest BCUT2D eigenvalue weighted by Crippen LogP contribution is 2.43. The van der Waals surface area contributed by atoms with Crippen LogP contribution in [0.4, 0.5) is 0 Å². The Morgan fingerprint density at radius 3 is 2.56 bits per heavy atom. The van der Waals surface area contributed by atoms with E-state index in [4.69, 9.17) is 4.74 Å². The molecule has 1 fully saturated rings. The number of aryl methyl sites for hydroxylation is 1. The number of ether oxygens (including phenoxy) is 1. The summed E-state index contributed by atoms with van der Waals surface area (Å²) in [6, 6.07) is 18.5. The fraction of sp³-hybridized carbons (Fsp3) is 0.179. The van der Waals surface area contributed by atoms with E-state index >= 15 is 0 Å². The Balaban J connectivity index is 1.73. The summed E-state index contributed by atoms with van der Waals surface area (Å²) in [5, 5.41) is 21.8. The van der Waals surface area contributed by atoms with Gasteiger partial charge in [-0.15, -0.1) is 0 Å². The molecule has 2 N–H and O–H groups in total. The first-order chi connectivity index (χ1) is 17.4. The van der Waals surface area contributed by atoms with E-state index < -0.39 is 17.7 Å². The van der Waals surface area contributed by atoms with Crippen molar-refractivity contribution in [1.82, 2.24) is 14.3 Å². The Kier molecular flexibility index (Phi) is 5.93. The van der Waals surface area contributed by atoms with Gasteiger partial charge in [0.2, 0.25) is 0 Å². The molecule has 182 valence electrons. The number of benzene rings is 2. The number of rotatable bonds is 6. The fourth-order valence-electron chi connectivity index (χ4n) is 4.67. The van der Waals surface area contributed by atoms with Crippen molar-refractivity contribution in [2.75, 3.05) is 6.61 Å². The van der Waals surface area contributed by atoms with Crippen LogP contribution in [0.2, 0.25) is 0 Å². The van der Waals surface area contributed by atoms with Crippen molar-refractivity contribution >= 4 is 23.1 Å². The van der Waals surface area contributed by atoms with Crippen LogP contribution in [0.3, 0.4) is 0 Å². The number of imidazole rings is 1. The lowest BCUT2D eigenvalue weighted by Gasteiger charge is -2.26. The molecule has 8 nitrogen and oxygen atoms in total. The predicted molar refractivity (Wildman–Crippen MR) is 133 cm³/mol. The van der Waals surface area contributed by atoms with Gasteiger partial charge in [-0.25, -0.2) is 4.98 Å². The third-order valence-electron chi connectivity index (χ3n) is 6.26. The zero-order valence-electron chi connectivity index (χ0n) is 19.9. The largest absolute Gasteiger partial charge is 0.505 e. The van der Waals surface area contributed by atoms with Gasteiger partial charge in [0.05, 0.1) is 23.9 Å². The predicted octanol–water partition coefficient (Wildman–Crippen LogP) is 4.37. The van der Waals surface area contributed by atoms with Crippen molar-refractivity contribution in [1.29, 1.82) is 0 Å². The molecule has 0 bridgehead atoms. The van der Waals surface area contributed by atoms with Gasteiger partial charge in [-0.3, -0.25) is 14.0 Å². The van der Waals surface area contributed by atoms with Gasteiger partial charge in [0.1, 0.15) is 11.3 Å². The van der Waals surface area contributed by atoms with Gasteiger partial charge in [0.15, 0.2) is 17.3 Å². The Bertz CT molecular complexity index is 1510. The van der Waals surface area contributed by atoms with Gasteiger partial charge in [0.25, 0.3) is 11.7 Å². The Hall–Kier alpha value is -4.59. The minimum atomic E-state index is -0.904. The molecular weight excluding hydrogens is 458 g/mol. The van der Waals surface area contributed by atoms with E-state index in [0.717, 1.165) is 5.56 Å². The minimum absolute atomic E-state index is 0.0437. The number of carbonyl (C=O) groups is 2. The number of pyridine rings is 1. The first-order valence-corrected chi connectivity index (χ1v) is 11.6. The SMILES string of the molecule is CCOc1cc(C2C(=C(O)c3c(C)nc4ccccn34)C(=O)C(=O)N2Cc2ccccc2)ccc1O. The maximum Gasteiger partial charge on any atom is 0.295 e. The molecule has 1 aliphatic heterocycles. The lowest BCUT2D eigenvalue weighted by atomic mass is 9.95. The zero-order chi connectivity index (χ0) is 25.4. The number of aromatic nitrogens is 2. The molecule has 36 heavy (non-hydrogen) atoms. The van der Waals surface area contributed by atoms with Crippen molar-refractivity contribution in [3.05, 3.63) is 101 Å². The quantitative estimate of drug-likeness (QED) is 0.240. The van der Waals surface area contributed by atoms with Crippen LogP contribution in [0.5, 0.6) is 11.5 Å². The summed E-state index contributed by atoms with van der Waals surface area (Å²) in [5.41, 5.74) is 2.79. The maximum absolute atomic E-state index is 13.4. The monoisotopic (exact) mass is 483 g/mol. The van der Waals surface area contributed by atoms with E-state index in [2.05, 4.69) is 4.98 Å². The number of phenols is 1. The molecular formula is C28H25N3O5. The van der Waals surface area contributed by atoms with E-state index in [-0.39, 0.29) is 29.4 Å².